The minimum Gasteiger partial charge on any atom is -0.356 e. The number of nitrogens with two attached hydrogens (primary N) is 2. The molecular weight excluding hydrogens is 909 g/mol. The summed E-state index contributed by atoms with van der Waals surface area (Å²) in [6.45, 7) is 23.0. The van der Waals surface area contributed by atoms with Gasteiger partial charge in [-0.15, -0.1) is 0 Å². The molecule has 8 nitrogen and oxygen atoms in total. The van der Waals surface area contributed by atoms with Crippen molar-refractivity contribution in [1.82, 2.24) is 21.3 Å². The normalized spacial score (nSPS) is 40.3. The Labute approximate surface area is 455 Å². The van der Waals surface area contributed by atoms with Crippen LogP contribution in [0.2, 0.25) is 0 Å². The van der Waals surface area contributed by atoms with Crippen LogP contribution in [0.1, 0.15) is 234 Å². The standard InChI is InChI=1S/C66H118N6O2/c1-47(17-27-61(73)71-43-13-41-69-39-11-9-37-67)55-23-25-57-53-21-19-51-45-49(29-33-63(51,3)59(53)31-35-65(55,57)5)15-7-8-16-50-30-34-64(4)52(46-50)20-22-54-58-26-24-56(66(58,6)36-32-60(54)64)48(2)18-28-62(74)72-44-14-42-70-40-12-10-38-68/h7-8,47-60,69-70H,9-46,67-68H2,1-6H3,(H,71,73)(H,72,74)/b8-7+/t47-,48-,49-,50-,51-,52-,53+,54+,55-,56-,57+,58+,59+,60+,63+,64+,65-,66-/m1/s1. The highest BCUT2D eigenvalue weighted by atomic mass is 16.2. The summed E-state index contributed by atoms with van der Waals surface area (Å²) in [6.07, 6.45) is 44.1. The van der Waals surface area contributed by atoms with E-state index in [-0.39, 0.29) is 11.8 Å². The highest BCUT2D eigenvalue weighted by Gasteiger charge is 2.62. The van der Waals surface area contributed by atoms with Crippen LogP contribution >= 0.6 is 0 Å². The summed E-state index contributed by atoms with van der Waals surface area (Å²) in [5.41, 5.74) is 13.3. The maximum Gasteiger partial charge on any atom is 0.220 e. The highest BCUT2D eigenvalue weighted by molar-refractivity contribution is 5.76. The molecule has 0 aromatic carbocycles. The number of nitrogens with one attached hydrogen (secondary N) is 4. The first-order valence-corrected chi connectivity index (χ1v) is 32.7. The molecular formula is C66H118N6O2. The van der Waals surface area contributed by atoms with Crippen LogP contribution in [0.15, 0.2) is 12.2 Å². The predicted octanol–water partition coefficient (Wildman–Crippen LogP) is 13.4. The van der Waals surface area contributed by atoms with Gasteiger partial charge in [-0.3, -0.25) is 9.59 Å². The van der Waals surface area contributed by atoms with Crippen molar-refractivity contribution in [3.8, 4) is 0 Å². The molecule has 0 spiro atoms. The van der Waals surface area contributed by atoms with Gasteiger partial charge < -0.3 is 32.7 Å². The van der Waals surface area contributed by atoms with E-state index in [0.717, 1.165) is 175 Å². The lowest BCUT2D eigenvalue weighted by Crippen LogP contribution is -2.53. The number of fused-ring (bicyclic) bond motifs is 10. The largest absolute Gasteiger partial charge is 0.356 e. The van der Waals surface area contributed by atoms with Crippen LogP contribution in [0.3, 0.4) is 0 Å². The minimum atomic E-state index is 0.257. The fourth-order valence-corrected chi connectivity index (χ4v) is 20.9. The van der Waals surface area contributed by atoms with Crippen molar-refractivity contribution in [3.63, 3.8) is 0 Å². The van der Waals surface area contributed by atoms with Crippen LogP contribution in [-0.4, -0.2) is 64.2 Å². The zero-order valence-corrected chi connectivity index (χ0v) is 49.1. The molecule has 8 saturated carbocycles. The molecule has 18 atom stereocenters. The van der Waals surface area contributed by atoms with Gasteiger partial charge in [0.2, 0.25) is 11.8 Å². The maximum absolute atomic E-state index is 12.9. The molecule has 0 bridgehead atoms. The molecule has 74 heavy (non-hydrogen) atoms. The predicted molar refractivity (Wildman–Crippen MR) is 310 cm³/mol. The summed E-state index contributed by atoms with van der Waals surface area (Å²) in [5.74, 6) is 12.5. The summed E-state index contributed by atoms with van der Waals surface area (Å²) in [7, 11) is 0. The average Bonchev–Trinajstić information content (AvgIpc) is 3.95. The number of unbranched alkanes of at least 4 members (excludes halogenated alkanes) is 2. The number of hydrogen-bond donors (Lipinski definition) is 6. The summed E-state index contributed by atoms with van der Waals surface area (Å²) >= 11 is 0. The zero-order valence-electron chi connectivity index (χ0n) is 49.1. The molecule has 8 fully saturated rings. The van der Waals surface area contributed by atoms with E-state index in [1.807, 2.05) is 0 Å². The number of carbonyl (C=O) groups excluding carboxylic acids is 2. The van der Waals surface area contributed by atoms with Crippen LogP contribution in [0.25, 0.3) is 0 Å². The monoisotopic (exact) mass is 1030 g/mol. The van der Waals surface area contributed by atoms with Crippen LogP contribution in [0.4, 0.5) is 0 Å². The van der Waals surface area contributed by atoms with Crippen molar-refractivity contribution >= 4 is 11.8 Å². The lowest BCUT2D eigenvalue weighted by Gasteiger charge is -2.61. The van der Waals surface area contributed by atoms with Gasteiger partial charge in [0.1, 0.15) is 0 Å². The van der Waals surface area contributed by atoms with Crippen molar-refractivity contribution in [1.29, 1.82) is 0 Å². The molecule has 8 rings (SSSR count). The second-order valence-electron chi connectivity index (χ2n) is 28.9. The Balaban J connectivity index is 0.724. The van der Waals surface area contributed by atoms with E-state index in [4.69, 9.17) is 11.5 Å². The number of amides is 2. The Hall–Kier alpha value is -1.48. The van der Waals surface area contributed by atoms with Crippen LogP contribution < -0.4 is 32.7 Å². The summed E-state index contributed by atoms with van der Waals surface area (Å²) in [6, 6.07) is 0. The van der Waals surface area contributed by atoms with Gasteiger partial charge in [0.15, 0.2) is 0 Å². The van der Waals surface area contributed by atoms with Crippen LogP contribution in [0.5, 0.6) is 0 Å². The third-order valence-corrected chi connectivity index (χ3v) is 25.1. The lowest BCUT2D eigenvalue weighted by atomic mass is 9.44. The summed E-state index contributed by atoms with van der Waals surface area (Å²) < 4.78 is 0. The topological polar surface area (TPSA) is 134 Å². The molecule has 0 radical (unpaired) electrons. The quantitative estimate of drug-likeness (QED) is 0.0341. The molecule has 0 unspecified atom stereocenters. The van der Waals surface area contributed by atoms with Crippen molar-refractivity contribution in [2.45, 2.75) is 234 Å². The minimum absolute atomic E-state index is 0.257. The van der Waals surface area contributed by atoms with Gasteiger partial charge in [-0.1, -0.05) is 53.7 Å². The molecule has 424 valence electrons. The van der Waals surface area contributed by atoms with Gasteiger partial charge in [0.25, 0.3) is 0 Å². The fourth-order valence-electron chi connectivity index (χ4n) is 20.9. The van der Waals surface area contributed by atoms with E-state index in [1.54, 1.807) is 0 Å². The molecule has 0 heterocycles. The van der Waals surface area contributed by atoms with E-state index in [0.29, 0.717) is 46.3 Å². The van der Waals surface area contributed by atoms with Crippen LogP contribution in [0, 0.1) is 105 Å². The first kappa shape index (κ1) is 58.7. The molecule has 8 heteroatoms. The molecule has 0 aromatic heterocycles. The number of carbonyl (C=O) groups is 2. The number of rotatable bonds is 28. The van der Waals surface area contributed by atoms with Crippen LogP contribution in [-0.2, 0) is 9.59 Å². The Morgan fingerprint density at radius 3 is 1.28 bits per heavy atom. The Kier molecular flexibility index (Phi) is 21.5. The molecule has 8 aliphatic rings. The van der Waals surface area contributed by atoms with Gasteiger partial charge in [0.05, 0.1) is 0 Å². The van der Waals surface area contributed by atoms with E-state index in [2.05, 4.69) is 75.0 Å². The van der Waals surface area contributed by atoms with Gasteiger partial charge in [-0.25, -0.2) is 0 Å². The van der Waals surface area contributed by atoms with E-state index in [1.165, 1.54) is 128 Å². The smallest absolute Gasteiger partial charge is 0.220 e. The Morgan fingerprint density at radius 2 is 0.865 bits per heavy atom. The summed E-state index contributed by atoms with van der Waals surface area (Å²) in [5, 5.41) is 13.4. The molecule has 0 aliphatic heterocycles. The van der Waals surface area contributed by atoms with Gasteiger partial charge in [-0.05, 0) is 324 Å². The first-order valence-electron chi connectivity index (χ1n) is 32.7. The highest BCUT2D eigenvalue weighted by Crippen LogP contribution is 2.70. The molecule has 2 amide bonds. The van der Waals surface area contributed by atoms with Gasteiger partial charge in [0, 0.05) is 25.9 Å². The Bertz CT molecular complexity index is 1650. The number of allylic oxidation sites excluding steroid dienone is 2. The lowest BCUT2D eigenvalue weighted by molar-refractivity contribution is -0.124. The van der Waals surface area contributed by atoms with Gasteiger partial charge in [-0.2, -0.15) is 0 Å². The zero-order chi connectivity index (χ0) is 52.4. The van der Waals surface area contributed by atoms with Gasteiger partial charge >= 0.3 is 0 Å². The average molecular weight is 1030 g/mol. The molecule has 8 N–H and O–H groups in total. The first-order chi connectivity index (χ1) is 35.7. The summed E-state index contributed by atoms with van der Waals surface area (Å²) in [4.78, 5) is 25.7. The maximum atomic E-state index is 12.9. The second kappa shape index (κ2) is 27.1. The fraction of sp³-hybridized carbons (Fsp3) is 0.939. The van der Waals surface area contributed by atoms with Crippen molar-refractivity contribution < 1.29 is 9.59 Å². The molecule has 8 aliphatic carbocycles. The van der Waals surface area contributed by atoms with Crippen molar-refractivity contribution in [3.05, 3.63) is 12.2 Å². The van der Waals surface area contributed by atoms with Crippen molar-refractivity contribution in [2.24, 2.45) is 116 Å². The van der Waals surface area contributed by atoms with E-state index >= 15 is 0 Å². The van der Waals surface area contributed by atoms with Crippen molar-refractivity contribution in [2.75, 3.05) is 52.4 Å². The third-order valence-electron chi connectivity index (χ3n) is 25.1. The second-order valence-corrected chi connectivity index (χ2v) is 28.9. The number of hydrogen-bond acceptors (Lipinski definition) is 6. The molecule has 0 aromatic rings. The third kappa shape index (κ3) is 13.4. The van der Waals surface area contributed by atoms with E-state index < -0.39 is 0 Å². The SMILES string of the molecule is C[C@H](CCC(=O)NCCCNCCCCN)[C@H]1CC[C@H]2[C@@H]3CC[C@@H]4C[C@H](C/C=C/C[C@@H]5CC[C@@]6(C)[C@H](CC[C@@H]7[C@@H]6CC[C@]6(C)[C@@H]([C@H](C)CCC(=O)NCCCNCCCCN)CC[C@@H]76)C5)CC[C@]4(C)[C@H]3CC[C@]12C. The van der Waals surface area contributed by atoms with E-state index in [9.17, 15) is 9.59 Å². The Morgan fingerprint density at radius 1 is 0.473 bits per heavy atom. The molecule has 0 saturated heterocycles.